The molecule has 5 aromatic rings. The third-order valence-corrected chi connectivity index (χ3v) is 6.88. The molecule has 0 radical (unpaired) electrons. The van der Waals surface area contributed by atoms with Crippen LogP contribution >= 0.6 is 11.8 Å². The summed E-state index contributed by atoms with van der Waals surface area (Å²) >= 11 is 1.18. The summed E-state index contributed by atoms with van der Waals surface area (Å²) in [5.74, 6) is 0.392. The van der Waals surface area contributed by atoms with Crippen LogP contribution in [0.4, 0.5) is 18.9 Å². The number of rotatable bonds is 7. The molecule has 39 heavy (non-hydrogen) atoms. The fraction of sp³-hybridized carbons (Fsp3) is 0.143. The van der Waals surface area contributed by atoms with Gasteiger partial charge in [-0.25, -0.2) is 4.98 Å². The monoisotopic (exact) mass is 549 g/mol. The van der Waals surface area contributed by atoms with Gasteiger partial charge in [0.05, 0.1) is 17.0 Å². The molecule has 0 saturated heterocycles. The Hall–Kier alpha value is -4.38. The molecule has 0 spiro atoms. The van der Waals surface area contributed by atoms with Gasteiger partial charge in [-0.05, 0) is 55.3 Å². The molecule has 0 atom stereocenters. The number of hydrogen-bond donors (Lipinski definition) is 1. The van der Waals surface area contributed by atoms with E-state index in [4.69, 9.17) is 4.42 Å². The van der Waals surface area contributed by atoms with Gasteiger partial charge >= 0.3 is 6.18 Å². The number of oxazole rings is 1. The van der Waals surface area contributed by atoms with Gasteiger partial charge < -0.3 is 9.73 Å². The minimum Gasteiger partial charge on any atom is -0.447 e. The fourth-order valence-corrected chi connectivity index (χ4v) is 4.62. The van der Waals surface area contributed by atoms with E-state index in [0.717, 1.165) is 23.3 Å². The Labute approximate surface area is 226 Å². The number of aromatic nitrogens is 4. The standard InChI is InChI=1S/C28H22F3N5O2S/c1-17-11-12-21(13-18(17)2)32-26(37)23-15-38-24(33-23)16-39-27-35-34-25(19-7-4-3-5-8-19)36(27)22-10-6-9-20(14-22)28(29,30)31/h3-15H,16H2,1-2H3,(H,32,37). The van der Waals surface area contributed by atoms with E-state index in [1.54, 1.807) is 22.8 Å². The highest BCUT2D eigenvalue weighted by molar-refractivity contribution is 7.98. The van der Waals surface area contributed by atoms with Crippen molar-refractivity contribution in [3.05, 3.63) is 107 Å². The first kappa shape index (κ1) is 26.2. The van der Waals surface area contributed by atoms with Gasteiger partial charge in [0.25, 0.3) is 5.91 Å². The average molecular weight is 550 g/mol. The number of thioether (sulfide) groups is 1. The minimum absolute atomic E-state index is 0.105. The molecule has 1 N–H and O–H groups in total. The van der Waals surface area contributed by atoms with E-state index < -0.39 is 17.6 Å². The van der Waals surface area contributed by atoms with Crippen LogP contribution in [0.25, 0.3) is 17.1 Å². The molecule has 0 saturated carbocycles. The van der Waals surface area contributed by atoms with Gasteiger partial charge in [0, 0.05) is 11.3 Å². The Balaban J connectivity index is 1.39. The molecule has 0 aliphatic carbocycles. The first-order valence-electron chi connectivity index (χ1n) is 11.8. The molecular weight excluding hydrogens is 527 g/mol. The summed E-state index contributed by atoms with van der Waals surface area (Å²) in [4.78, 5) is 16.9. The zero-order valence-electron chi connectivity index (χ0n) is 20.9. The van der Waals surface area contributed by atoms with Gasteiger partial charge in [-0.1, -0.05) is 54.2 Å². The lowest BCUT2D eigenvalue weighted by Crippen LogP contribution is -2.12. The van der Waals surface area contributed by atoms with Gasteiger partial charge in [-0.3, -0.25) is 9.36 Å². The lowest BCUT2D eigenvalue weighted by atomic mass is 10.1. The van der Waals surface area contributed by atoms with Crippen LogP contribution in [0.3, 0.4) is 0 Å². The zero-order chi connectivity index (χ0) is 27.6. The second-order valence-electron chi connectivity index (χ2n) is 8.72. The Morgan fingerprint density at radius 3 is 2.51 bits per heavy atom. The van der Waals surface area contributed by atoms with Crippen LogP contribution in [0.15, 0.2) is 88.6 Å². The number of aryl methyl sites for hydroxylation is 2. The molecule has 1 amide bonds. The maximum atomic E-state index is 13.4. The second kappa shape index (κ2) is 10.8. The van der Waals surface area contributed by atoms with Crippen LogP contribution in [0.1, 0.15) is 33.1 Å². The molecule has 7 nitrogen and oxygen atoms in total. The van der Waals surface area contributed by atoms with Gasteiger partial charge in [-0.15, -0.1) is 10.2 Å². The number of amides is 1. The van der Waals surface area contributed by atoms with Crippen molar-refractivity contribution in [1.29, 1.82) is 0 Å². The maximum absolute atomic E-state index is 13.4. The normalized spacial score (nSPS) is 11.5. The summed E-state index contributed by atoms with van der Waals surface area (Å²) in [6.45, 7) is 3.94. The van der Waals surface area contributed by atoms with Crippen molar-refractivity contribution in [3.63, 3.8) is 0 Å². The van der Waals surface area contributed by atoms with Crippen LogP contribution < -0.4 is 5.32 Å². The van der Waals surface area contributed by atoms with E-state index in [0.29, 0.717) is 22.2 Å². The highest BCUT2D eigenvalue weighted by atomic mass is 32.2. The van der Waals surface area contributed by atoms with Gasteiger partial charge in [0.15, 0.2) is 16.7 Å². The van der Waals surface area contributed by atoms with Crippen molar-refractivity contribution in [2.75, 3.05) is 5.32 Å². The Bertz CT molecular complexity index is 1630. The van der Waals surface area contributed by atoms with E-state index in [1.807, 2.05) is 50.2 Å². The summed E-state index contributed by atoms with van der Waals surface area (Å²) in [5, 5.41) is 11.6. The number of nitrogens with one attached hydrogen (secondary N) is 1. The van der Waals surface area contributed by atoms with E-state index >= 15 is 0 Å². The van der Waals surface area contributed by atoms with Gasteiger partial charge in [-0.2, -0.15) is 13.2 Å². The van der Waals surface area contributed by atoms with Crippen molar-refractivity contribution in [3.8, 4) is 17.1 Å². The number of anilines is 1. The number of carbonyl (C=O) groups excluding carboxylic acids is 1. The fourth-order valence-electron chi connectivity index (χ4n) is 3.81. The van der Waals surface area contributed by atoms with Crippen molar-refractivity contribution in [2.24, 2.45) is 0 Å². The van der Waals surface area contributed by atoms with Gasteiger partial charge in [0.2, 0.25) is 5.89 Å². The summed E-state index contributed by atoms with van der Waals surface area (Å²) in [5.41, 5.74) is 3.08. The molecule has 11 heteroatoms. The topological polar surface area (TPSA) is 85.8 Å². The first-order chi connectivity index (χ1) is 18.7. The van der Waals surface area contributed by atoms with E-state index in [9.17, 15) is 18.0 Å². The highest BCUT2D eigenvalue weighted by Crippen LogP contribution is 2.34. The number of nitrogens with zero attached hydrogens (tertiary/aromatic N) is 4. The Kier molecular flexibility index (Phi) is 7.25. The molecule has 0 aliphatic rings. The summed E-state index contributed by atoms with van der Waals surface area (Å²) in [7, 11) is 0. The maximum Gasteiger partial charge on any atom is 0.416 e. The molecule has 198 valence electrons. The Morgan fingerprint density at radius 1 is 0.974 bits per heavy atom. The van der Waals surface area contributed by atoms with Crippen molar-refractivity contribution >= 4 is 23.4 Å². The number of benzene rings is 3. The molecule has 5 rings (SSSR count). The molecule has 0 unspecified atom stereocenters. The summed E-state index contributed by atoms with van der Waals surface area (Å²) in [6.07, 6.45) is -3.24. The van der Waals surface area contributed by atoms with Crippen LogP contribution in [0.5, 0.6) is 0 Å². The van der Waals surface area contributed by atoms with Crippen LogP contribution in [0.2, 0.25) is 0 Å². The zero-order valence-corrected chi connectivity index (χ0v) is 21.7. The largest absolute Gasteiger partial charge is 0.447 e. The average Bonchev–Trinajstić information content (AvgIpc) is 3.57. The lowest BCUT2D eigenvalue weighted by Gasteiger charge is -2.13. The van der Waals surface area contributed by atoms with E-state index in [2.05, 4.69) is 20.5 Å². The third-order valence-electron chi connectivity index (χ3n) is 5.97. The molecule has 2 aromatic heterocycles. The number of alkyl halides is 3. The van der Waals surface area contributed by atoms with E-state index in [1.165, 1.54) is 24.1 Å². The lowest BCUT2D eigenvalue weighted by molar-refractivity contribution is -0.137. The molecule has 0 bridgehead atoms. The minimum atomic E-state index is -4.50. The highest BCUT2D eigenvalue weighted by Gasteiger charge is 2.31. The SMILES string of the molecule is Cc1ccc(NC(=O)c2coc(CSc3nnc(-c4ccccc4)n3-c3cccc(C(F)(F)F)c3)n2)cc1C. The van der Waals surface area contributed by atoms with Crippen molar-refractivity contribution in [2.45, 2.75) is 30.9 Å². The Morgan fingerprint density at radius 2 is 1.77 bits per heavy atom. The quantitative estimate of drug-likeness (QED) is 0.218. The van der Waals surface area contributed by atoms with Crippen molar-refractivity contribution < 1.29 is 22.4 Å². The third kappa shape index (κ3) is 5.88. The summed E-state index contributed by atoms with van der Waals surface area (Å²) in [6, 6.07) is 19.6. The van der Waals surface area contributed by atoms with Gasteiger partial charge in [0.1, 0.15) is 6.26 Å². The van der Waals surface area contributed by atoms with Crippen LogP contribution in [-0.4, -0.2) is 25.7 Å². The number of hydrogen-bond acceptors (Lipinski definition) is 6. The number of halogens is 3. The predicted octanol–water partition coefficient (Wildman–Crippen LogP) is 7.10. The first-order valence-corrected chi connectivity index (χ1v) is 12.8. The smallest absolute Gasteiger partial charge is 0.416 e. The molecule has 0 fully saturated rings. The number of carbonyl (C=O) groups is 1. The van der Waals surface area contributed by atoms with E-state index in [-0.39, 0.29) is 23.0 Å². The van der Waals surface area contributed by atoms with Crippen LogP contribution in [-0.2, 0) is 11.9 Å². The summed E-state index contributed by atoms with van der Waals surface area (Å²) < 4.78 is 47.4. The van der Waals surface area contributed by atoms with Crippen molar-refractivity contribution in [1.82, 2.24) is 19.7 Å². The molecule has 3 aromatic carbocycles. The molecular formula is C28H22F3N5O2S. The second-order valence-corrected chi connectivity index (χ2v) is 9.67. The van der Waals surface area contributed by atoms with Crippen LogP contribution in [0, 0.1) is 13.8 Å². The predicted molar refractivity (Wildman–Crippen MR) is 142 cm³/mol. The molecule has 2 heterocycles. The molecule has 0 aliphatic heterocycles.